The Bertz CT molecular complexity index is 763. The van der Waals surface area contributed by atoms with Crippen LogP contribution in [0.1, 0.15) is 40.6 Å². The van der Waals surface area contributed by atoms with Gasteiger partial charge in [0.1, 0.15) is 11.5 Å². The average Bonchev–Trinajstić information content (AvgIpc) is 2.64. The SMILES string of the molecule is CC1CC(C(=O)c2cccc(NC(=O)c3ccncc3)n2)CCN1C. The van der Waals surface area contributed by atoms with E-state index < -0.39 is 0 Å². The zero-order valence-corrected chi connectivity index (χ0v) is 14.5. The minimum Gasteiger partial charge on any atom is -0.307 e. The summed E-state index contributed by atoms with van der Waals surface area (Å²) in [5.41, 5.74) is 0.909. The second-order valence-corrected chi connectivity index (χ2v) is 6.51. The zero-order valence-electron chi connectivity index (χ0n) is 14.5. The summed E-state index contributed by atoms with van der Waals surface area (Å²) in [5.74, 6) is 0.158. The van der Waals surface area contributed by atoms with Crippen LogP contribution in [0.2, 0.25) is 0 Å². The van der Waals surface area contributed by atoms with Crippen LogP contribution in [0.5, 0.6) is 0 Å². The van der Waals surface area contributed by atoms with Crippen LogP contribution in [-0.4, -0.2) is 46.2 Å². The standard InChI is InChI=1S/C19H22N4O2/c1-13-12-15(8-11-23(13)2)18(24)16-4-3-5-17(21-16)22-19(25)14-6-9-20-10-7-14/h3-7,9-10,13,15H,8,11-12H2,1-2H3,(H,21,22,25). The van der Waals surface area contributed by atoms with Gasteiger partial charge in [0.05, 0.1) is 0 Å². The number of rotatable bonds is 4. The summed E-state index contributed by atoms with van der Waals surface area (Å²) in [6.07, 6.45) is 4.80. The molecule has 1 saturated heterocycles. The van der Waals surface area contributed by atoms with E-state index in [0.29, 0.717) is 23.1 Å². The lowest BCUT2D eigenvalue weighted by atomic mass is 9.87. The molecule has 25 heavy (non-hydrogen) atoms. The molecule has 0 spiro atoms. The summed E-state index contributed by atoms with van der Waals surface area (Å²) in [5, 5.41) is 2.73. The molecule has 2 aromatic rings. The van der Waals surface area contributed by atoms with Crippen molar-refractivity contribution in [3.8, 4) is 0 Å². The summed E-state index contributed by atoms with van der Waals surface area (Å²) < 4.78 is 0. The number of hydrogen-bond donors (Lipinski definition) is 1. The maximum Gasteiger partial charge on any atom is 0.256 e. The minimum atomic E-state index is -0.271. The third-order valence-electron chi connectivity index (χ3n) is 4.76. The summed E-state index contributed by atoms with van der Waals surface area (Å²) in [4.78, 5) is 35.5. The van der Waals surface area contributed by atoms with Crippen molar-refractivity contribution < 1.29 is 9.59 Å². The molecule has 1 amide bonds. The molecule has 3 rings (SSSR count). The van der Waals surface area contributed by atoms with E-state index in [0.717, 1.165) is 19.4 Å². The Morgan fingerprint density at radius 3 is 2.68 bits per heavy atom. The maximum absolute atomic E-state index is 12.8. The lowest BCUT2D eigenvalue weighted by molar-refractivity contribution is 0.0795. The molecule has 1 N–H and O–H groups in total. The fraction of sp³-hybridized carbons (Fsp3) is 0.368. The van der Waals surface area contributed by atoms with Crippen LogP contribution in [0.15, 0.2) is 42.7 Å². The summed E-state index contributed by atoms with van der Waals surface area (Å²) in [6, 6.07) is 8.80. The number of anilines is 1. The van der Waals surface area contributed by atoms with Gasteiger partial charge in [-0.1, -0.05) is 6.07 Å². The molecule has 1 aliphatic rings. The first-order valence-electron chi connectivity index (χ1n) is 8.47. The number of Topliss-reactive ketones (excluding diaryl/α,β-unsaturated/α-hetero) is 1. The minimum absolute atomic E-state index is 0.00940. The van der Waals surface area contributed by atoms with Crippen LogP contribution in [0.25, 0.3) is 0 Å². The van der Waals surface area contributed by atoms with Gasteiger partial charge in [-0.2, -0.15) is 0 Å². The highest BCUT2D eigenvalue weighted by Crippen LogP contribution is 2.25. The van der Waals surface area contributed by atoms with Crippen molar-refractivity contribution in [1.29, 1.82) is 0 Å². The fourth-order valence-corrected chi connectivity index (χ4v) is 3.07. The van der Waals surface area contributed by atoms with Gasteiger partial charge in [-0.05, 0) is 57.6 Å². The fourth-order valence-electron chi connectivity index (χ4n) is 3.07. The first-order valence-corrected chi connectivity index (χ1v) is 8.47. The van der Waals surface area contributed by atoms with E-state index in [9.17, 15) is 9.59 Å². The third-order valence-corrected chi connectivity index (χ3v) is 4.76. The second-order valence-electron chi connectivity index (χ2n) is 6.51. The lowest BCUT2D eigenvalue weighted by Crippen LogP contribution is -2.40. The molecular weight excluding hydrogens is 316 g/mol. The smallest absolute Gasteiger partial charge is 0.256 e. The Labute approximate surface area is 147 Å². The van der Waals surface area contributed by atoms with Gasteiger partial charge in [0.2, 0.25) is 0 Å². The summed E-state index contributed by atoms with van der Waals surface area (Å²) in [6.45, 7) is 3.05. The molecular formula is C19H22N4O2. The van der Waals surface area contributed by atoms with Crippen molar-refractivity contribution in [3.63, 3.8) is 0 Å². The average molecular weight is 338 g/mol. The van der Waals surface area contributed by atoms with Gasteiger partial charge in [0.25, 0.3) is 5.91 Å². The first-order chi connectivity index (χ1) is 12.0. The Hall–Kier alpha value is -2.60. The van der Waals surface area contributed by atoms with Gasteiger partial charge in [0, 0.05) is 29.9 Å². The van der Waals surface area contributed by atoms with Crippen LogP contribution in [0.3, 0.4) is 0 Å². The van der Waals surface area contributed by atoms with Crippen LogP contribution < -0.4 is 5.32 Å². The van der Waals surface area contributed by atoms with Crippen LogP contribution >= 0.6 is 0 Å². The number of piperidine rings is 1. The molecule has 1 fully saturated rings. The van der Waals surface area contributed by atoms with E-state index in [4.69, 9.17) is 0 Å². The number of aromatic nitrogens is 2. The molecule has 130 valence electrons. The maximum atomic E-state index is 12.8. The molecule has 0 bridgehead atoms. The van der Waals surface area contributed by atoms with E-state index in [1.165, 1.54) is 0 Å². The molecule has 3 heterocycles. The number of nitrogens with one attached hydrogen (secondary N) is 1. The van der Waals surface area contributed by atoms with Crippen molar-refractivity contribution in [2.45, 2.75) is 25.8 Å². The highest BCUT2D eigenvalue weighted by atomic mass is 16.1. The van der Waals surface area contributed by atoms with Crippen molar-refractivity contribution in [2.24, 2.45) is 5.92 Å². The van der Waals surface area contributed by atoms with Crippen molar-refractivity contribution >= 4 is 17.5 Å². The number of ketones is 1. The number of nitrogens with zero attached hydrogens (tertiary/aromatic N) is 3. The van der Waals surface area contributed by atoms with E-state index in [1.807, 2.05) is 0 Å². The number of pyridine rings is 2. The Kier molecular flexibility index (Phi) is 5.19. The normalized spacial score (nSPS) is 20.9. The molecule has 0 aromatic carbocycles. The predicted octanol–water partition coefficient (Wildman–Crippen LogP) is 2.64. The highest BCUT2D eigenvalue weighted by molar-refractivity contribution is 6.04. The van der Waals surface area contributed by atoms with E-state index in [-0.39, 0.29) is 17.6 Å². The Morgan fingerprint density at radius 1 is 1.20 bits per heavy atom. The van der Waals surface area contributed by atoms with Gasteiger partial charge in [0.15, 0.2) is 5.78 Å². The van der Waals surface area contributed by atoms with E-state index in [2.05, 4.69) is 34.2 Å². The van der Waals surface area contributed by atoms with E-state index in [1.54, 1.807) is 42.7 Å². The molecule has 6 nitrogen and oxygen atoms in total. The van der Waals surface area contributed by atoms with Gasteiger partial charge >= 0.3 is 0 Å². The van der Waals surface area contributed by atoms with Gasteiger partial charge in [-0.15, -0.1) is 0 Å². The lowest BCUT2D eigenvalue weighted by Gasteiger charge is -2.34. The van der Waals surface area contributed by atoms with Gasteiger partial charge in [-0.25, -0.2) is 4.98 Å². The Balaban J connectivity index is 1.71. The molecule has 0 radical (unpaired) electrons. The molecule has 2 unspecified atom stereocenters. The molecule has 0 aliphatic carbocycles. The molecule has 2 atom stereocenters. The molecule has 2 aromatic heterocycles. The monoisotopic (exact) mass is 338 g/mol. The van der Waals surface area contributed by atoms with Crippen molar-refractivity contribution in [2.75, 3.05) is 18.9 Å². The topological polar surface area (TPSA) is 75.2 Å². The predicted molar refractivity (Wildman–Crippen MR) is 95.6 cm³/mol. The quantitative estimate of drug-likeness (QED) is 0.868. The number of carbonyl (C=O) groups is 2. The van der Waals surface area contributed by atoms with E-state index >= 15 is 0 Å². The summed E-state index contributed by atoms with van der Waals surface area (Å²) >= 11 is 0. The van der Waals surface area contributed by atoms with Crippen molar-refractivity contribution in [1.82, 2.24) is 14.9 Å². The van der Waals surface area contributed by atoms with Crippen molar-refractivity contribution in [3.05, 3.63) is 54.0 Å². The van der Waals surface area contributed by atoms with Crippen LogP contribution in [0, 0.1) is 5.92 Å². The van der Waals surface area contributed by atoms with Gasteiger partial charge < -0.3 is 10.2 Å². The summed E-state index contributed by atoms with van der Waals surface area (Å²) in [7, 11) is 2.08. The number of hydrogen-bond acceptors (Lipinski definition) is 5. The molecule has 6 heteroatoms. The number of carbonyl (C=O) groups excluding carboxylic acids is 2. The molecule has 0 saturated carbocycles. The molecule has 1 aliphatic heterocycles. The zero-order chi connectivity index (χ0) is 17.8. The largest absolute Gasteiger partial charge is 0.307 e. The Morgan fingerprint density at radius 2 is 1.96 bits per heavy atom. The third kappa shape index (κ3) is 4.09. The van der Waals surface area contributed by atoms with Crippen LogP contribution in [0.4, 0.5) is 5.82 Å². The highest BCUT2D eigenvalue weighted by Gasteiger charge is 2.29. The van der Waals surface area contributed by atoms with Gasteiger partial charge in [-0.3, -0.25) is 14.6 Å². The first kappa shape index (κ1) is 17.2. The number of amides is 1. The van der Waals surface area contributed by atoms with Crippen LogP contribution in [-0.2, 0) is 0 Å². The number of likely N-dealkylation sites (tertiary alicyclic amines) is 1. The second kappa shape index (κ2) is 7.53.